The van der Waals surface area contributed by atoms with E-state index in [0.717, 1.165) is 11.7 Å². The predicted molar refractivity (Wildman–Crippen MR) is 79.4 cm³/mol. The minimum absolute atomic E-state index is 0.512. The Labute approximate surface area is 114 Å². The highest BCUT2D eigenvalue weighted by molar-refractivity contribution is 7.98. The lowest BCUT2D eigenvalue weighted by Crippen LogP contribution is -2.33. The van der Waals surface area contributed by atoms with E-state index in [1.54, 1.807) is 7.11 Å². The predicted octanol–water partition coefficient (Wildman–Crippen LogP) is 3.49. The molecule has 1 N–H and O–H groups in total. The summed E-state index contributed by atoms with van der Waals surface area (Å²) in [4.78, 5) is 0. The van der Waals surface area contributed by atoms with E-state index in [-0.39, 0.29) is 0 Å². The van der Waals surface area contributed by atoms with E-state index in [1.807, 2.05) is 11.8 Å². The Kier molecular flexibility index (Phi) is 4.95. The van der Waals surface area contributed by atoms with Crippen LogP contribution >= 0.6 is 11.8 Å². The van der Waals surface area contributed by atoms with Crippen molar-refractivity contribution in [2.24, 2.45) is 5.92 Å². The first-order valence-electron chi connectivity index (χ1n) is 6.63. The number of benzene rings is 1. The van der Waals surface area contributed by atoms with Crippen LogP contribution in [0.5, 0.6) is 5.75 Å². The summed E-state index contributed by atoms with van der Waals surface area (Å²) in [7, 11) is 1.71. The van der Waals surface area contributed by atoms with Gasteiger partial charge in [-0.15, -0.1) is 0 Å². The molecule has 1 fully saturated rings. The van der Waals surface area contributed by atoms with Gasteiger partial charge < -0.3 is 10.1 Å². The van der Waals surface area contributed by atoms with Crippen molar-refractivity contribution in [3.63, 3.8) is 0 Å². The second-order valence-electron chi connectivity index (χ2n) is 5.11. The standard InChI is InChI=1S/C15H23NOS/c1-11(10-18-3)16-15(12-4-5-12)13-6-8-14(17-2)9-7-13/h6-9,11-12,15-16H,4-5,10H2,1-3H3. The Morgan fingerprint density at radius 1 is 1.33 bits per heavy atom. The van der Waals surface area contributed by atoms with E-state index in [4.69, 9.17) is 4.74 Å². The van der Waals surface area contributed by atoms with Gasteiger partial charge in [0.15, 0.2) is 0 Å². The molecular weight excluding hydrogens is 242 g/mol. The van der Waals surface area contributed by atoms with Crippen molar-refractivity contribution in [3.05, 3.63) is 29.8 Å². The molecular formula is C15H23NOS. The van der Waals surface area contributed by atoms with Crippen LogP contribution in [0.1, 0.15) is 31.4 Å². The van der Waals surface area contributed by atoms with Gasteiger partial charge in [-0.3, -0.25) is 0 Å². The Hall–Kier alpha value is -0.670. The van der Waals surface area contributed by atoms with Crippen molar-refractivity contribution in [3.8, 4) is 5.75 Å². The summed E-state index contributed by atoms with van der Waals surface area (Å²) in [5.41, 5.74) is 1.39. The van der Waals surface area contributed by atoms with E-state index < -0.39 is 0 Å². The topological polar surface area (TPSA) is 21.3 Å². The Balaban J connectivity index is 2.04. The highest BCUT2D eigenvalue weighted by Gasteiger charge is 2.32. The van der Waals surface area contributed by atoms with Crippen LogP contribution < -0.4 is 10.1 Å². The molecule has 1 aromatic carbocycles. The lowest BCUT2D eigenvalue weighted by atomic mass is 10.0. The zero-order valence-electron chi connectivity index (χ0n) is 11.5. The Morgan fingerprint density at radius 2 is 2.00 bits per heavy atom. The van der Waals surface area contributed by atoms with Crippen LogP contribution in [-0.2, 0) is 0 Å². The number of rotatable bonds is 7. The van der Waals surface area contributed by atoms with Gasteiger partial charge in [0.2, 0.25) is 0 Å². The number of hydrogen-bond donors (Lipinski definition) is 1. The van der Waals surface area contributed by atoms with Crippen molar-refractivity contribution in [2.45, 2.75) is 31.8 Å². The number of hydrogen-bond acceptors (Lipinski definition) is 3. The SMILES string of the molecule is COc1ccc(C(NC(C)CSC)C2CC2)cc1. The first-order valence-corrected chi connectivity index (χ1v) is 8.03. The second-order valence-corrected chi connectivity index (χ2v) is 6.02. The molecule has 0 bridgehead atoms. The molecule has 2 rings (SSSR count). The maximum Gasteiger partial charge on any atom is 0.118 e. The fourth-order valence-corrected chi connectivity index (χ4v) is 2.95. The van der Waals surface area contributed by atoms with E-state index in [2.05, 4.69) is 42.8 Å². The zero-order chi connectivity index (χ0) is 13.0. The molecule has 2 unspecified atom stereocenters. The molecule has 2 atom stereocenters. The summed E-state index contributed by atoms with van der Waals surface area (Å²) in [6, 6.07) is 9.59. The molecule has 0 saturated heterocycles. The maximum absolute atomic E-state index is 5.22. The van der Waals surface area contributed by atoms with Crippen molar-refractivity contribution in [1.29, 1.82) is 0 Å². The van der Waals surface area contributed by atoms with E-state index in [9.17, 15) is 0 Å². The smallest absolute Gasteiger partial charge is 0.118 e. The van der Waals surface area contributed by atoms with Gasteiger partial charge in [0.1, 0.15) is 5.75 Å². The maximum atomic E-state index is 5.22. The summed E-state index contributed by atoms with van der Waals surface area (Å²) >= 11 is 1.90. The number of nitrogens with one attached hydrogen (secondary N) is 1. The number of methoxy groups -OCH3 is 1. The van der Waals surface area contributed by atoms with E-state index in [1.165, 1.54) is 24.2 Å². The van der Waals surface area contributed by atoms with Gasteiger partial charge in [-0.25, -0.2) is 0 Å². The molecule has 0 aliphatic heterocycles. The number of thioether (sulfide) groups is 1. The Bertz CT molecular complexity index is 361. The first kappa shape index (κ1) is 13.8. The molecule has 1 aromatic rings. The monoisotopic (exact) mass is 265 g/mol. The summed E-state index contributed by atoms with van der Waals surface area (Å²) in [5.74, 6) is 2.92. The van der Waals surface area contributed by atoms with Gasteiger partial charge in [-0.1, -0.05) is 12.1 Å². The molecule has 0 aromatic heterocycles. The van der Waals surface area contributed by atoms with Crippen LogP contribution in [0, 0.1) is 5.92 Å². The van der Waals surface area contributed by atoms with Crippen LogP contribution in [0.4, 0.5) is 0 Å². The first-order chi connectivity index (χ1) is 8.74. The molecule has 1 saturated carbocycles. The normalized spacial score (nSPS) is 18.4. The van der Waals surface area contributed by atoms with Crippen molar-refractivity contribution in [2.75, 3.05) is 19.1 Å². The van der Waals surface area contributed by atoms with E-state index in [0.29, 0.717) is 12.1 Å². The third-order valence-corrected chi connectivity index (χ3v) is 4.28. The van der Waals surface area contributed by atoms with Gasteiger partial charge in [0, 0.05) is 17.8 Å². The minimum Gasteiger partial charge on any atom is -0.497 e. The fourth-order valence-electron chi connectivity index (χ4n) is 2.35. The van der Waals surface area contributed by atoms with Crippen molar-refractivity contribution in [1.82, 2.24) is 5.32 Å². The molecule has 2 nitrogen and oxygen atoms in total. The molecule has 1 aliphatic carbocycles. The minimum atomic E-state index is 0.512. The van der Waals surface area contributed by atoms with Gasteiger partial charge in [0.05, 0.1) is 7.11 Å². The largest absolute Gasteiger partial charge is 0.497 e. The highest BCUT2D eigenvalue weighted by Crippen LogP contribution is 2.41. The van der Waals surface area contributed by atoms with Gasteiger partial charge in [-0.05, 0) is 49.6 Å². The fraction of sp³-hybridized carbons (Fsp3) is 0.600. The van der Waals surface area contributed by atoms with Gasteiger partial charge >= 0.3 is 0 Å². The average Bonchev–Trinajstić information content (AvgIpc) is 3.21. The van der Waals surface area contributed by atoms with Gasteiger partial charge in [-0.2, -0.15) is 11.8 Å². The summed E-state index contributed by atoms with van der Waals surface area (Å²) in [5, 5.41) is 3.77. The van der Waals surface area contributed by atoms with Crippen LogP contribution in [0.2, 0.25) is 0 Å². The molecule has 100 valence electrons. The van der Waals surface area contributed by atoms with Crippen LogP contribution in [0.15, 0.2) is 24.3 Å². The highest BCUT2D eigenvalue weighted by atomic mass is 32.2. The number of ether oxygens (including phenoxy) is 1. The van der Waals surface area contributed by atoms with E-state index >= 15 is 0 Å². The summed E-state index contributed by atoms with van der Waals surface area (Å²) in [6.45, 7) is 2.27. The third kappa shape index (κ3) is 3.66. The summed E-state index contributed by atoms with van der Waals surface area (Å²) < 4.78 is 5.22. The van der Waals surface area contributed by atoms with Crippen LogP contribution in [0.25, 0.3) is 0 Å². The molecule has 0 heterocycles. The van der Waals surface area contributed by atoms with Crippen LogP contribution in [0.3, 0.4) is 0 Å². The quantitative estimate of drug-likeness (QED) is 0.815. The molecule has 0 radical (unpaired) electrons. The van der Waals surface area contributed by atoms with Crippen molar-refractivity contribution < 1.29 is 4.74 Å². The molecule has 3 heteroatoms. The average molecular weight is 265 g/mol. The lowest BCUT2D eigenvalue weighted by Gasteiger charge is -2.23. The second kappa shape index (κ2) is 6.48. The summed E-state index contributed by atoms with van der Waals surface area (Å²) in [6.07, 6.45) is 4.88. The molecule has 0 spiro atoms. The third-order valence-electron chi connectivity index (χ3n) is 3.45. The zero-order valence-corrected chi connectivity index (χ0v) is 12.3. The Morgan fingerprint density at radius 3 is 2.50 bits per heavy atom. The van der Waals surface area contributed by atoms with Crippen molar-refractivity contribution >= 4 is 11.8 Å². The molecule has 1 aliphatic rings. The molecule has 18 heavy (non-hydrogen) atoms. The van der Waals surface area contributed by atoms with Gasteiger partial charge in [0.25, 0.3) is 0 Å². The lowest BCUT2D eigenvalue weighted by molar-refractivity contribution is 0.412. The molecule has 0 amide bonds. The van der Waals surface area contributed by atoms with Crippen LogP contribution in [-0.4, -0.2) is 25.2 Å².